The maximum Gasteiger partial charge on any atom is 0.356 e. The van der Waals surface area contributed by atoms with E-state index in [0.29, 0.717) is 10.2 Å². The summed E-state index contributed by atoms with van der Waals surface area (Å²) in [5, 5.41) is 13.1. The van der Waals surface area contributed by atoms with E-state index >= 15 is 0 Å². The number of carbonyl (C=O) groups excluding carboxylic acids is 2. The van der Waals surface area contributed by atoms with Crippen molar-refractivity contribution in [3.8, 4) is 6.07 Å². The Balaban J connectivity index is 2.33. The lowest BCUT2D eigenvalue weighted by atomic mass is 9.89. The molecule has 8 nitrogen and oxygen atoms in total. The van der Waals surface area contributed by atoms with Gasteiger partial charge in [-0.05, 0) is 60.6 Å². The van der Waals surface area contributed by atoms with Gasteiger partial charge in [-0.15, -0.1) is 11.8 Å². The first kappa shape index (κ1) is 26.2. The maximum atomic E-state index is 13.7. The van der Waals surface area contributed by atoms with Crippen molar-refractivity contribution in [2.24, 2.45) is 4.99 Å². The number of esters is 2. The molecule has 0 radical (unpaired) electrons. The molecular formula is C24H32N4O4S2. The molecule has 1 aliphatic carbocycles. The number of aliphatic imine (C=N–C) groups is 1. The Morgan fingerprint density at radius 3 is 2.26 bits per heavy atom. The van der Waals surface area contributed by atoms with Gasteiger partial charge in [0.25, 0.3) is 0 Å². The molecule has 0 amide bonds. The van der Waals surface area contributed by atoms with Gasteiger partial charge in [-0.2, -0.15) is 5.26 Å². The highest BCUT2D eigenvalue weighted by Crippen LogP contribution is 2.39. The molecule has 1 saturated carbocycles. The van der Waals surface area contributed by atoms with Crippen molar-refractivity contribution in [1.29, 1.82) is 5.26 Å². The van der Waals surface area contributed by atoms with Crippen LogP contribution in [0, 0.1) is 11.3 Å². The van der Waals surface area contributed by atoms with Crippen LogP contribution in [-0.4, -0.2) is 56.5 Å². The van der Waals surface area contributed by atoms with Gasteiger partial charge in [0.15, 0.2) is 0 Å². The maximum absolute atomic E-state index is 13.7. The van der Waals surface area contributed by atoms with Crippen molar-refractivity contribution in [2.75, 3.05) is 6.26 Å². The number of nitriles is 1. The minimum absolute atomic E-state index is 0.0223. The van der Waals surface area contributed by atoms with Crippen LogP contribution in [0.2, 0.25) is 0 Å². The van der Waals surface area contributed by atoms with Crippen molar-refractivity contribution < 1.29 is 19.1 Å². The Morgan fingerprint density at radius 1 is 1.12 bits per heavy atom. The number of thiocarbonyl (C=S) groups is 1. The topological polar surface area (TPSA) is 104 Å². The van der Waals surface area contributed by atoms with Crippen LogP contribution in [0.25, 0.3) is 0 Å². The Bertz CT molecular complexity index is 1040. The normalized spacial score (nSPS) is 23.7. The Kier molecular flexibility index (Phi) is 7.48. The van der Waals surface area contributed by atoms with Crippen molar-refractivity contribution in [1.82, 2.24) is 10.2 Å². The van der Waals surface area contributed by atoms with Crippen molar-refractivity contribution in [3.05, 3.63) is 22.5 Å². The second-order valence-corrected chi connectivity index (χ2v) is 11.9. The number of hydrogen-bond acceptors (Lipinski definition) is 10. The van der Waals surface area contributed by atoms with E-state index in [0.717, 1.165) is 25.7 Å². The van der Waals surface area contributed by atoms with E-state index in [1.807, 2.05) is 0 Å². The summed E-state index contributed by atoms with van der Waals surface area (Å²) >= 11 is 6.63. The summed E-state index contributed by atoms with van der Waals surface area (Å²) in [6.07, 6.45) is 5.48. The van der Waals surface area contributed by atoms with E-state index in [4.69, 9.17) is 26.7 Å². The average Bonchev–Trinajstić information content (AvgIpc) is 3.08. The first-order chi connectivity index (χ1) is 15.8. The van der Waals surface area contributed by atoms with Crippen LogP contribution in [0.4, 0.5) is 0 Å². The summed E-state index contributed by atoms with van der Waals surface area (Å²) in [5.74, 6) is -0.971. The lowest BCUT2D eigenvalue weighted by Gasteiger charge is -2.39. The molecule has 0 spiro atoms. The predicted molar refractivity (Wildman–Crippen MR) is 136 cm³/mol. The molecule has 184 valence electrons. The lowest BCUT2D eigenvalue weighted by molar-refractivity contribution is -0.155. The zero-order chi connectivity index (χ0) is 25.4. The van der Waals surface area contributed by atoms with E-state index in [9.17, 15) is 14.9 Å². The smallest absolute Gasteiger partial charge is 0.356 e. The summed E-state index contributed by atoms with van der Waals surface area (Å²) in [6, 6.07) is 2.00. The molecule has 2 atom stereocenters. The number of rotatable bonds is 3. The van der Waals surface area contributed by atoms with Gasteiger partial charge in [0.2, 0.25) is 5.96 Å². The minimum Gasteiger partial charge on any atom is -0.456 e. The molecule has 0 saturated heterocycles. The highest BCUT2D eigenvalue weighted by atomic mass is 32.2. The fraction of sp³-hybridized carbons (Fsp3) is 0.625. The zero-order valence-corrected chi connectivity index (χ0v) is 22.4. The molecule has 0 bridgehead atoms. The average molecular weight is 505 g/mol. The fourth-order valence-corrected chi connectivity index (χ4v) is 4.74. The highest BCUT2D eigenvalue weighted by Gasteiger charge is 2.49. The second-order valence-electron chi connectivity index (χ2n) is 10.4. The molecule has 2 unspecified atom stereocenters. The summed E-state index contributed by atoms with van der Waals surface area (Å²) in [5.41, 5.74) is -1.42. The third-order valence-corrected chi connectivity index (χ3v) is 6.73. The Labute approximate surface area is 210 Å². The number of hydrogen-bond donors (Lipinski definition) is 1. The number of thioether (sulfide) groups is 1. The molecule has 10 heteroatoms. The van der Waals surface area contributed by atoms with Crippen LogP contribution in [0.3, 0.4) is 0 Å². The molecule has 1 N–H and O–H groups in total. The molecule has 2 aliphatic heterocycles. The third-order valence-electron chi connectivity index (χ3n) is 5.45. The zero-order valence-electron chi connectivity index (χ0n) is 20.8. The fourth-order valence-electron chi connectivity index (χ4n) is 4.25. The molecule has 2 heterocycles. The molecular weight excluding hydrogens is 472 g/mol. The molecule has 34 heavy (non-hydrogen) atoms. The first-order valence-corrected chi connectivity index (χ1v) is 13.0. The molecule has 0 aromatic rings. The summed E-state index contributed by atoms with van der Waals surface area (Å²) in [7, 11) is 0. The van der Waals surface area contributed by atoms with E-state index in [1.165, 1.54) is 11.8 Å². The van der Waals surface area contributed by atoms with Crippen LogP contribution in [0.5, 0.6) is 0 Å². The Hall–Kier alpha value is -2.38. The quantitative estimate of drug-likeness (QED) is 0.264. The van der Waals surface area contributed by atoms with E-state index in [2.05, 4.69) is 11.4 Å². The molecule has 3 aliphatic rings. The van der Waals surface area contributed by atoms with Gasteiger partial charge < -0.3 is 19.7 Å². The predicted octanol–water partition coefficient (Wildman–Crippen LogP) is 3.98. The second kappa shape index (κ2) is 9.70. The molecule has 3 rings (SSSR count). The summed E-state index contributed by atoms with van der Waals surface area (Å²) < 4.78 is 11.7. The number of fused-ring (bicyclic) bond motifs is 3. The van der Waals surface area contributed by atoms with Crippen LogP contribution in [0.1, 0.15) is 67.2 Å². The SMILES string of the molecule is CSC(=S)/C(C#N)=C1\NC2=NC3CCCCC3N2C(C(=O)OC(C)(C)C)=C1C(=O)OC(C)(C)C. The number of nitrogens with zero attached hydrogens (tertiary/aromatic N) is 3. The molecule has 1 fully saturated rings. The van der Waals surface area contributed by atoms with Crippen LogP contribution >= 0.6 is 24.0 Å². The molecule has 0 aromatic carbocycles. The van der Waals surface area contributed by atoms with Gasteiger partial charge in [0.05, 0.1) is 22.0 Å². The highest BCUT2D eigenvalue weighted by molar-refractivity contribution is 8.23. The van der Waals surface area contributed by atoms with E-state index in [-0.39, 0.29) is 34.6 Å². The van der Waals surface area contributed by atoms with Crippen LogP contribution < -0.4 is 5.32 Å². The van der Waals surface area contributed by atoms with E-state index < -0.39 is 23.1 Å². The van der Waals surface area contributed by atoms with Gasteiger partial charge in [0, 0.05) is 0 Å². The lowest BCUT2D eigenvalue weighted by Crippen LogP contribution is -2.52. The largest absolute Gasteiger partial charge is 0.456 e. The van der Waals surface area contributed by atoms with Crippen LogP contribution in [-0.2, 0) is 19.1 Å². The van der Waals surface area contributed by atoms with Gasteiger partial charge in [-0.3, -0.25) is 0 Å². The van der Waals surface area contributed by atoms with Gasteiger partial charge >= 0.3 is 11.9 Å². The monoisotopic (exact) mass is 504 g/mol. The number of guanidine groups is 1. The summed E-state index contributed by atoms with van der Waals surface area (Å²) in [6.45, 7) is 10.5. The number of nitrogens with one attached hydrogen (secondary N) is 1. The number of ether oxygens (including phenoxy) is 2. The van der Waals surface area contributed by atoms with Gasteiger partial charge in [0.1, 0.15) is 34.1 Å². The first-order valence-electron chi connectivity index (χ1n) is 11.4. The van der Waals surface area contributed by atoms with Crippen molar-refractivity contribution in [3.63, 3.8) is 0 Å². The third kappa shape index (κ3) is 5.47. The van der Waals surface area contributed by atoms with Gasteiger partial charge in [-0.25, -0.2) is 14.6 Å². The standard InChI is InChI=1S/C24H32N4O4S2/c1-23(2,3)31-19(29)16-17(13(12-25)21(33)34-7)27-22-26-14-10-8-9-11-15(14)28(22)18(16)20(30)32-24(4,5)6/h14-15H,8-11H2,1-7H3,(H,26,27)/b17-13-. The molecule has 0 aromatic heterocycles. The van der Waals surface area contributed by atoms with E-state index in [1.54, 1.807) is 52.7 Å². The van der Waals surface area contributed by atoms with Gasteiger partial charge in [-0.1, -0.05) is 25.1 Å². The Morgan fingerprint density at radius 2 is 1.71 bits per heavy atom. The van der Waals surface area contributed by atoms with Crippen molar-refractivity contribution in [2.45, 2.75) is 90.5 Å². The summed E-state index contributed by atoms with van der Waals surface area (Å²) in [4.78, 5) is 33.8. The minimum atomic E-state index is -0.826. The number of carbonyl (C=O) groups is 2. The van der Waals surface area contributed by atoms with Crippen LogP contribution in [0.15, 0.2) is 27.5 Å². The van der Waals surface area contributed by atoms with Crippen molar-refractivity contribution >= 4 is 46.1 Å².